The maximum Gasteiger partial charge on any atom is 0.303 e. The normalized spacial score (nSPS) is 22.3. The quantitative estimate of drug-likeness (QED) is 0.798. The highest BCUT2D eigenvalue weighted by atomic mass is 32.1. The lowest BCUT2D eigenvalue weighted by Gasteiger charge is -2.13. The van der Waals surface area contributed by atoms with Gasteiger partial charge < -0.3 is 5.11 Å². The van der Waals surface area contributed by atoms with E-state index in [2.05, 4.69) is 42.5 Å². The van der Waals surface area contributed by atoms with Gasteiger partial charge in [0.15, 0.2) is 0 Å². The van der Waals surface area contributed by atoms with Crippen LogP contribution in [0, 0.1) is 11.8 Å². The summed E-state index contributed by atoms with van der Waals surface area (Å²) in [5.41, 5.74) is 0. The lowest BCUT2D eigenvalue weighted by Crippen LogP contribution is -2.10. The van der Waals surface area contributed by atoms with Crippen LogP contribution < -0.4 is 0 Å². The van der Waals surface area contributed by atoms with Crippen LogP contribution >= 0.6 is 11.3 Å². The molecule has 0 amide bonds. The lowest BCUT2D eigenvalue weighted by atomic mass is 9.92. The molecule has 1 aromatic heterocycles. The van der Waals surface area contributed by atoms with Crippen molar-refractivity contribution in [1.29, 1.82) is 0 Å². The Bertz CT molecular complexity index is 623. The molecule has 2 atom stereocenters. The molecule has 1 N–H and O–H groups in total. The van der Waals surface area contributed by atoms with Crippen molar-refractivity contribution >= 4 is 27.4 Å². The van der Waals surface area contributed by atoms with E-state index in [1.807, 2.05) is 11.3 Å². The van der Waals surface area contributed by atoms with Crippen LogP contribution in [-0.4, -0.2) is 11.1 Å². The fourth-order valence-corrected chi connectivity index (χ4v) is 4.33. The number of thiophene rings is 1. The molecule has 1 aliphatic carbocycles. The summed E-state index contributed by atoms with van der Waals surface area (Å²) in [5.74, 6) is 0.126. The summed E-state index contributed by atoms with van der Waals surface area (Å²) < 4.78 is 1.34. The van der Waals surface area contributed by atoms with Crippen LogP contribution in [-0.2, 0) is 11.2 Å². The molecule has 2 nitrogen and oxygen atoms in total. The third-order valence-corrected chi connectivity index (χ3v) is 5.47. The maximum atomic E-state index is 10.9. The molecule has 1 aliphatic rings. The highest BCUT2D eigenvalue weighted by Gasteiger charge is 2.26. The molecule has 110 valence electrons. The second-order valence-corrected chi connectivity index (χ2v) is 7.00. The molecule has 0 radical (unpaired) electrons. The molecule has 2 aromatic rings. The molecule has 0 saturated heterocycles. The van der Waals surface area contributed by atoms with Crippen LogP contribution in [0.4, 0.5) is 0 Å². The van der Waals surface area contributed by atoms with E-state index in [4.69, 9.17) is 5.11 Å². The van der Waals surface area contributed by atoms with Gasteiger partial charge in [0, 0.05) is 16.0 Å². The summed E-state index contributed by atoms with van der Waals surface area (Å²) >= 11 is 1.85. The van der Waals surface area contributed by atoms with E-state index in [1.165, 1.54) is 15.0 Å². The minimum absolute atomic E-state index is 0.317. The second-order valence-electron chi connectivity index (χ2n) is 5.84. The topological polar surface area (TPSA) is 37.3 Å². The van der Waals surface area contributed by atoms with Crippen molar-refractivity contribution in [2.24, 2.45) is 11.8 Å². The van der Waals surface area contributed by atoms with Gasteiger partial charge in [0.1, 0.15) is 0 Å². The fourth-order valence-electron chi connectivity index (χ4n) is 3.29. The van der Waals surface area contributed by atoms with Gasteiger partial charge in [-0.05, 0) is 48.6 Å². The molecular formula is C18H20O2S. The van der Waals surface area contributed by atoms with Crippen molar-refractivity contribution in [3.8, 4) is 0 Å². The zero-order valence-electron chi connectivity index (χ0n) is 12.0. The van der Waals surface area contributed by atoms with Crippen molar-refractivity contribution in [2.75, 3.05) is 0 Å². The highest BCUT2D eigenvalue weighted by molar-refractivity contribution is 7.19. The van der Waals surface area contributed by atoms with Crippen LogP contribution in [0.25, 0.3) is 10.1 Å². The largest absolute Gasteiger partial charge is 0.481 e. The molecule has 0 bridgehead atoms. The van der Waals surface area contributed by atoms with Crippen molar-refractivity contribution in [3.63, 3.8) is 0 Å². The van der Waals surface area contributed by atoms with Gasteiger partial charge in [-0.3, -0.25) is 4.79 Å². The van der Waals surface area contributed by atoms with E-state index in [1.54, 1.807) is 0 Å². The van der Waals surface area contributed by atoms with E-state index in [-0.39, 0.29) is 0 Å². The number of hydrogen-bond donors (Lipinski definition) is 1. The molecular weight excluding hydrogens is 280 g/mol. The summed E-state index contributed by atoms with van der Waals surface area (Å²) in [4.78, 5) is 12.2. The summed E-state index contributed by atoms with van der Waals surface area (Å²) in [6.45, 7) is 0. The monoisotopic (exact) mass is 300 g/mol. The predicted molar refractivity (Wildman–Crippen MR) is 87.8 cm³/mol. The van der Waals surface area contributed by atoms with Crippen LogP contribution in [0.5, 0.6) is 0 Å². The van der Waals surface area contributed by atoms with E-state index in [0.717, 1.165) is 25.7 Å². The Labute approximate surface area is 129 Å². The molecule has 3 heteroatoms. The second kappa shape index (κ2) is 6.44. The molecule has 0 spiro atoms. The van der Waals surface area contributed by atoms with E-state index < -0.39 is 5.97 Å². The van der Waals surface area contributed by atoms with E-state index in [9.17, 15) is 4.79 Å². The lowest BCUT2D eigenvalue weighted by molar-refractivity contribution is -0.138. The fraction of sp³-hybridized carbons (Fsp3) is 0.389. The van der Waals surface area contributed by atoms with Crippen LogP contribution in [0.3, 0.4) is 0 Å². The summed E-state index contributed by atoms with van der Waals surface area (Å²) in [5, 5.41) is 10.3. The maximum absolute atomic E-state index is 10.9. The zero-order valence-corrected chi connectivity index (χ0v) is 12.8. The third-order valence-electron chi connectivity index (χ3n) is 4.33. The Morgan fingerprint density at radius 3 is 3.00 bits per heavy atom. The number of aliphatic carboxylic acids is 1. The predicted octanol–water partition coefficient (Wildman–Crippen LogP) is 4.89. The molecule has 1 aromatic carbocycles. The van der Waals surface area contributed by atoms with Gasteiger partial charge in [0.05, 0.1) is 0 Å². The van der Waals surface area contributed by atoms with Gasteiger partial charge in [-0.25, -0.2) is 0 Å². The molecule has 1 saturated carbocycles. The Hall–Kier alpha value is -1.61. The van der Waals surface area contributed by atoms with Crippen molar-refractivity contribution in [2.45, 2.75) is 32.1 Å². The number of benzene rings is 1. The zero-order chi connectivity index (χ0) is 14.7. The Balaban J connectivity index is 1.62. The minimum atomic E-state index is -0.662. The summed E-state index contributed by atoms with van der Waals surface area (Å²) in [7, 11) is 0. The van der Waals surface area contributed by atoms with Gasteiger partial charge in [0.2, 0.25) is 0 Å². The number of fused-ring (bicyclic) bond motifs is 1. The Kier molecular flexibility index (Phi) is 4.39. The first kappa shape index (κ1) is 14.3. The van der Waals surface area contributed by atoms with Crippen molar-refractivity contribution in [1.82, 2.24) is 0 Å². The SMILES string of the molecule is O=C(O)C[C@H]1CCCC1/C=C/Cc1cc2ccccc2s1. The van der Waals surface area contributed by atoms with Gasteiger partial charge in [-0.2, -0.15) is 0 Å². The van der Waals surface area contributed by atoms with Crippen molar-refractivity contribution < 1.29 is 9.90 Å². The van der Waals surface area contributed by atoms with E-state index >= 15 is 0 Å². The number of allylic oxidation sites excluding steroid dienone is 2. The Morgan fingerprint density at radius 1 is 1.33 bits per heavy atom. The first-order chi connectivity index (χ1) is 10.2. The first-order valence-electron chi connectivity index (χ1n) is 7.58. The number of carbonyl (C=O) groups is 1. The number of carboxylic acid groups (broad SMARTS) is 1. The van der Waals surface area contributed by atoms with E-state index in [0.29, 0.717) is 18.3 Å². The highest BCUT2D eigenvalue weighted by Crippen LogP contribution is 2.35. The number of hydrogen-bond acceptors (Lipinski definition) is 2. The number of rotatable bonds is 5. The van der Waals surface area contributed by atoms with Crippen LogP contribution in [0.2, 0.25) is 0 Å². The summed E-state index contributed by atoms with van der Waals surface area (Å²) in [6, 6.07) is 10.7. The average Bonchev–Trinajstić information content (AvgIpc) is 3.05. The minimum Gasteiger partial charge on any atom is -0.481 e. The third kappa shape index (κ3) is 3.53. The van der Waals surface area contributed by atoms with Gasteiger partial charge in [-0.15, -0.1) is 11.3 Å². The summed E-state index contributed by atoms with van der Waals surface area (Å²) in [6.07, 6.45) is 9.12. The van der Waals surface area contributed by atoms with Crippen molar-refractivity contribution in [3.05, 3.63) is 47.4 Å². The Morgan fingerprint density at radius 2 is 2.19 bits per heavy atom. The van der Waals surface area contributed by atoms with Crippen LogP contribution in [0.15, 0.2) is 42.5 Å². The molecule has 1 heterocycles. The standard InChI is InChI=1S/C18H20O2S/c19-18(20)12-14-8-3-6-13(14)7-4-9-16-11-15-5-1-2-10-17(15)21-16/h1-2,4-5,7,10-11,13-14H,3,6,8-9,12H2,(H,19,20)/b7-4+/t13?,14-/m1/s1. The van der Waals surface area contributed by atoms with Gasteiger partial charge >= 0.3 is 5.97 Å². The molecule has 3 rings (SSSR count). The molecule has 1 fully saturated rings. The molecule has 0 aliphatic heterocycles. The average molecular weight is 300 g/mol. The molecule has 21 heavy (non-hydrogen) atoms. The van der Waals surface area contributed by atoms with Crippen LogP contribution in [0.1, 0.15) is 30.6 Å². The molecule has 1 unspecified atom stereocenters. The number of carboxylic acids is 1. The van der Waals surface area contributed by atoms with Gasteiger partial charge in [-0.1, -0.05) is 36.8 Å². The first-order valence-corrected chi connectivity index (χ1v) is 8.40. The smallest absolute Gasteiger partial charge is 0.303 e. The van der Waals surface area contributed by atoms with Gasteiger partial charge in [0.25, 0.3) is 0 Å².